The molecule has 2 aliphatic rings. The third-order valence-corrected chi connectivity index (χ3v) is 7.21. The molecule has 3 heterocycles. The smallest absolute Gasteiger partial charge is 0.272 e. The average molecular weight is 463 g/mol. The minimum atomic E-state index is -0.299. The van der Waals surface area contributed by atoms with Gasteiger partial charge in [0.25, 0.3) is 11.8 Å². The van der Waals surface area contributed by atoms with E-state index in [4.69, 9.17) is 0 Å². The third kappa shape index (κ3) is 3.69. The lowest BCUT2D eigenvalue weighted by Gasteiger charge is -2.43. The van der Waals surface area contributed by atoms with Crippen LogP contribution in [0, 0.1) is 5.41 Å². The third-order valence-electron chi connectivity index (χ3n) is 7.21. The number of H-pyrrole nitrogens is 1. The van der Waals surface area contributed by atoms with E-state index in [1.807, 2.05) is 15.8 Å². The van der Waals surface area contributed by atoms with E-state index in [1.54, 1.807) is 25.2 Å². The van der Waals surface area contributed by atoms with Crippen molar-refractivity contribution < 1.29 is 14.4 Å². The van der Waals surface area contributed by atoms with Gasteiger partial charge in [-0.05, 0) is 63.6 Å². The largest absolute Gasteiger partial charge is 0.354 e. The molecule has 1 aromatic carbocycles. The van der Waals surface area contributed by atoms with E-state index < -0.39 is 0 Å². The second kappa shape index (κ2) is 7.78. The maximum absolute atomic E-state index is 13.3. The summed E-state index contributed by atoms with van der Waals surface area (Å²) in [6.07, 6.45) is 4.89. The first-order valence-electron chi connectivity index (χ1n) is 11.7. The van der Waals surface area contributed by atoms with Crippen LogP contribution in [0.25, 0.3) is 10.9 Å². The number of piperidine rings is 1. The van der Waals surface area contributed by atoms with Crippen LogP contribution in [0.15, 0.2) is 24.4 Å². The van der Waals surface area contributed by atoms with Crippen molar-refractivity contribution in [2.45, 2.75) is 52.0 Å². The van der Waals surface area contributed by atoms with Gasteiger partial charge in [0.05, 0.1) is 11.1 Å². The van der Waals surface area contributed by atoms with Crippen molar-refractivity contribution in [3.63, 3.8) is 0 Å². The van der Waals surface area contributed by atoms with Crippen LogP contribution < -0.4 is 5.32 Å². The Morgan fingerprint density at radius 3 is 2.56 bits per heavy atom. The number of aromatic amines is 1. The van der Waals surface area contributed by atoms with Gasteiger partial charge in [0.15, 0.2) is 11.5 Å². The highest BCUT2D eigenvalue weighted by Gasteiger charge is 2.43. The molecule has 0 saturated carbocycles. The van der Waals surface area contributed by atoms with Crippen LogP contribution in [-0.2, 0) is 12.0 Å². The van der Waals surface area contributed by atoms with Crippen molar-refractivity contribution in [1.29, 1.82) is 0 Å². The first-order chi connectivity index (χ1) is 16.1. The van der Waals surface area contributed by atoms with E-state index in [9.17, 15) is 14.4 Å². The van der Waals surface area contributed by atoms with Gasteiger partial charge in [0, 0.05) is 49.3 Å². The van der Waals surface area contributed by atoms with Gasteiger partial charge in [-0.25, -0.2) is 0 Å². The molecule has 0 bridgehead atoms. The minimum Gasteiger partial charge on any atom is -0.354 e. The molecule has 0 radical (unpaired) electrons. The Hall–Kier alpha value is -3.49. The molecule has 9 nitrogen and oxygen atoms in total. The fourth-order valence-electron chi connectivity index (χ4n) is 5.17. The lowest BCUT2D eigenvalue weighted by atomic mass is 9.67. The van der Waals surface area contributed by atoms with Crippen molar-refractivity contribution >= 4 is 28.5 Å². The number of nitrogens with one attached hydrogen (secondary N) is 2. The number of fused-ring (bicyclic) bond motifs is 2. The fraction of sp³-hybridized carbons (Fsp3) is 0.480. The second-order valence-electron chi connectivity index (χ2n) is 10.6. The summed E-state index contributed by atoms with van der Waals surface area (Å²) in [5.74, 6) is -0.257. The summed E-state index contributed by atoms with van der Waals surface area (Å²) in [5, 5.41) is 14.7. The van der Waals surface area contributed by atoms with Crippen molar-refractivity contribution in [1.82, 2.24) is 30.2 Å². The quantitative estimate of drug-likeness (QED) is 0.608. The van der Waals surface area contributed by atoms with E-state index in [2.05, 4.69) is 41.4 Å². The lowest BCUT2D eigenvalue weighted by molar-refractivity contribution is 0.0519. The first kappa shape index (κ1) is 22.3. The Morgan fingerprint density at radius 1 is 1.15 bits per heavy atom. The van der Waals surface area contributed by atoms with E-state index in [-0.39, 0.29) is 34.2 Å². The van der Waals surface area contributed by atoms with Gasteiger partial charge in [0.2, 0.25) is 0 Å². The highest BCUT2D eigenvalue weighted by atomic mass is 16.2. The van der Waals surface area contributed by atoms with Crippen LogP contribution in [0.4, 0.5) is 0 Å². The van der Waals surface area contributed by atoms with E-state index in [0.29, 0.717) is 41.7 Å². The predicted molar refractivity (Wildman–Crippen MR) is 127 cm³/mol. The SMILES string of the molecule is CNC(=O)c1n[nH]c2ccc(C(=O)N3CCC4(CC3)CC(=O)c3nn(C(C)(C)C)cc3C4)cc12. The number of amides is 2. The van der Waals surface area contributed by atoms with Gasteiger partial charge in [-0.2, -0.15) is 10.2 Å². The predicted octanol–water partition coefficient (Wildman–Crippen LogP) is 2.93. The molecule has 1 fully saturated rings. The summed E-state index contributed by atoms with van der Waals surface area (Å²) >= 11 is 0. The molecule has 5 rings (SSSR count). The molecule has 1 aliphatic carbocycles. The normalized spacial score (nSPS) is 17.8. The standard InChI is InChI=1S/C25H30N6O3/c1-24(2,3)31-14-16-12-25(13-19(32)20(16)29-31)7-9-30(10-8-25)23(34)15-5-6-18-17(11-15)21(28-27-18)22(33)26-4/h5-6,11,14H,7-10,12-13H2,1-4H3,(H,26,33)(H,27,28). The highest BCUT2D eigenvalue weighted by Crippen LogP contribution is 2.43. The van der Waals surface area contributed by atoms with Gasteiger partial charge in [-0.15, -0.1) is 0 Å². The number of hydrogen-bond acceptors (Lipinski definition) is 5. The number of ketones is 1. The summed E-state index contributed by atoms with van der Waals surface area (Å²) in [6, 6.07) is 5.27. The second-order valence-corrected chi connectivity index (χ2v) is 10.6. The fourth-order valence-corrected chi connectivity index (χ4v) is 5.17. The Bertz CT molecular complexity index is 1300. The number of carbonyl (C=O) groups excluding carboxylic acids is 3. The molecule has 0 atom stereocenters. The van der Waals surface area contributed by atoms with Crippen LogP contribution in [0.5, 0.6) is 0 Å². The summed E-state index contributed by atoms with van der Waals surface area (Å²) in [4.78, 5) is 40.2. The van der Waals surface area contributed by atoms with E-state index in [0.717, 1.165) is 24.8 Å². The maximum atomic E-state index is 13.3. The molecule has 0 unspecified atom stereocenters. The zero-order valence-electron chi connectivity index (χ0n) is 20.1. The molecule has 2 aromatic heterocycles. The van der Waals surface area contributed by atoms with E-state index >= 15 is 0 Å². The lowest BCUT2D eigenvalue weighted by Crippen LogP contribution is -2.46. The molecule has 1 spiro atoms. The molecular weight excluding hydrogens is 432 g/mol. The molecule has 9 heteroatoms. The Balaban J connectivity index is 1.32. The molecular formula is C25H30N6O3. The molecule has 178 valence electrons. The number of benzene rings is 1. The Kier molecular flexibility index (Phi) is 5.11. The topological polar surface area (TPSA) is 113 Å². The van der Waals surface area contributed by atoms with Crippen LogP contribution in [0.3, 0.4) is 0 Å². The number of nitrogens with zero attached hydrogens (tertiary/aromatic N) is 4. The monoisotopic (exact) mass is 462 g/mol. The number of Topliss-reactive ketones (excluding diaryl/α,β-unsaturated/α-hetero) is 1. The zero-order chi connectivity index (χ0) is 24.3. The van der Waals surface area contributed by atoms with Crippen LogP contribution >= 0.6 is 0 Å². The molecule has 1 saturated heterocycles. The molecule has 34 heavy (non-hydrogen) atoms. The van der Waals surface area contributed by atoms with Crippen molar-refractivity contribution in [3.05, 3.63) is 46.9 Å². The average Bonchev–Trinajstić information content (AvgIpc) is 3.42. The first-order valence-corrected chi connectivity index (χ1v) is 11.7. The highest BCUT2D eigenvalue weighted by molar-refractivity contribution is 6.07. The van der Waals surface area contributed by atoms with Crippen molar-refractivity contribution in [2.24, 2.45) is 5.41 Å². The van der Waals surface area contributed by atoms with Gasteiger partial charge >= 0.3 is 0 Å². The molecule has 2 N–H and O–H groups in total. The molecule has 2 amide bonds. The van der Waals surface area contributed by atoms with Crippen LogP contribution in [-0.4, -0.2) is 62.6 Å². The minimum absolute atomic E-state index is 0.0656. The number of aromatic nitrogens is 4. The number of likely N-dealkylation sites (tertiary alicyclic amines) is 1. The number of carbonyl (C=O) groups is 3. The number of hydrogen-bond donors (Lipinski definition) is 2. The van der Waals surface area contributed by atoms with Crippen molar-refractivity contribution in [2.75, 3.05) is 20.1 Å². The van der Waals surface area contributed by atoms with Gasteiger partial charge in [-0.1, -0.05) is 0 Å². The zero-order valence-corrected chi connectivity index (χ0v) is 20.1. The van der Waals surface area contributed by atoms with Crippen molar-refractivity contribution in [3.8, 4) is 0 Å². The summed E-state index contributed by atoms with van der Waals surface area (Å²) in [6.45, 7) is 7.43. The van der Waals surface area contributed by atoms with Gasteiger partial charge < -0.3 is 10.2 Å². The van der Waals surface area contributed by atoms with E-state index in [1.165, 1.54) is 0 Å². The Labute approximate surface area is 197 Å². The molecule has 3 aromatic rings. The summed E-state index contributed by atoms with van der Waals surface area (Å²) in [7, 11) is 1.55. The van der Waals surface area contributed by atoms with Gasteiger partial charge in [0.1, 0.15) is 5.69 Å². The molecule has 1 aliphatic heterocycles. The van der Waals surface area contributed by atoms with Crippen LogP contribution in [0.2, 0.25) is 0 Å². The number of rotatable bonds is 2. The summed E-state index contributed by atoms with van der Waals surface area (Å²) in [5.41, 5.74) is 2.86. The van der Waals surface area contributed by atoms with Crippen LogP contribution in [0.1, 0.15) is 76.9 Å². The Morgan fingerprint density at radius 2 is 1.88 bits per heavy atom. The van der Waals surface area contributed by atoms with Gasteiger partial charge in [-0.3, -0.25) is 24.2 Å². The summed E-state index contributed by atoms with van der Waals surface area (Å²) < 4.78 is 1.90. The maximum Gasteiger partial charge on any atom is 0.272 e.